The highest BCUT2D eigenvalue weighted by molar-refractivity contribution is 6.34. The van der Waals surface area contributed by atoms with Crippen LogP contribution in [0.5, 0.6) is 0 Å². The quantitative estimate of drug-likeness (QED) is 0.281. The Bertz CT molecular complexity index is 1510. The number of carbonyl (C=O) groups is 3. The number of para-hydroxylation sites is 1. The number of nitrogens with one attached hydrogen (secondary N) is 2. The third-order valence-corrected chi connectivity index (χ3v) is 5.39. The van der Waals surface area contributed by atoms with E-state index in [1.165, 1.54) is 10.7 Å². The maximum absolute atomic E-state index is 13.2. The Morgan fingerprint density at radius 2 is 1.68 bits per heavy atom. The molecule has 0 fully saturated rings. The van der Waals surface area contributed by atoms with Gasteiger partial charge in [-0.1, -0.05) is 41.9 Å². The lowest BCUT2D eigenvalue weighted by Gasteiger charge is -2.19. The minimum atomic E-state index is -1.24. The second-order valence-electron chi connectivity index (χ2n) is 9.15. The van der Waals surface area contributed by atoms with Crippen LogP contribution < -0.4 is 10.6 Å². The fraction of sp³-hybridized carbons (Fsp3) is 0.148. The van der Waals surface area contributed by atoms with Crippen LogP contribution in [0.15, 0.2) is 72.8 Å². The van der Waals surface area contributed by atoms with Crippen molar-refractivity contribution in [2.24, 2.45) is 0 Å². The summed E-state index contributed by atoms with van der Waals surface area (Å²) in [5.41, 5.74) is 0.841. The van der Waals surface area contributed by atoms with E-state index in [-0.39, 0.29) is 27.9 Å². The number of ether oxygens (including phenoxy) is 1. The van der Waals surface area contributed by atoms with Crippen molar-refractivity contribution in [3.63, 3.8) is 0 Å². The molecule has 11 heteroatoms. The van der Waals surface area contributed by atoms with Gasteiger partial charge in [0.25, 0.3) is 5.91 Å². The van der Waals surface area contributed by atoms with Gasteiger partial charge in [-0.25, -0.2) is 19.3 Å². The summed E-state index contributed by atoms with van der Waals surface area (Å²) >= 11 is 6.35. The normalized spacial score (nSPS) is 11.1. The van der Waals surface area contributed by atoms with E-state index in [0.717, 1.165) is 0 Å². The SMILES string of the molecule is CC(C)(C)OC(=O)Nc1cccc(-c2ccc(Cl)c(C(=O)Nc3cc(C(=O)O)nn3-c3ccccc3)c2)n1. The molecular formula is C27H24ClN5O5. The third-order valence-electron chi connectivity index (χ3n) is 5.06. The molecule has 10 nitrogen and oxygen atoms in total. The number of aromatic carboxylic acids is 1. The van der Waals surface area contributed by atoms with E-state index in [4.69, 9.17) is 16.3 Å². The number of halogens is 1. The van der Waals surface area contributed by atoms with Gasteiger partial charge in [0.05, 0.1) is 22.0 Å². The molecule has 2 aromatic heterocycles. The summed E-state index contributed by atoms with van der Waals surface area (Å²) in [7, 11) is 0. The molecule has 0 bridgehead atoms. The molecule has 0 radical (unpaired) electrons. The summed E-state index contributed by atoms with van der Waals surface area (Å²) < 4.78 is 6.59. The minimum absolute atomic E-state index is 0.133. The van der Waals surface area contributed by atoms with Crippen molar-refractivity contribution >= 4 is 41.2 Å². The van der Waals surface area contributed by atoms with Gasteiger partial charge in [0, 0.05) is 11.6 Å². The molecule has 0 spiro atoms. The zero-order valence-electron chi connectivity index (χ0n) is 20.7. The number of hydrogen-bond acceptors (Lipinski definition) is 6. The summed E-state index contributed by atoms with van der Waals surface area (Å²) in [6, 6.07) is 19.9. The van der Waals surface area contributed by atoms with Crippen molar-refractivity contribution in [1.29, 1.82) is 0 Å². The molecule has 0 saturated heterocycles. The standard InChI is InChI=1S/C27H24ClN5O5/c1-27(2,3)38-26(37)30-22-11-7-10-20(29-22)16-12-13-19(28)18(14-16)24(34)31-23-15-21(25(35)36)32-33(23)17-8-5-4-6-9-17/h4-15H,1-3H3,(H,31,34)(H,35,36)(H,29,30,37). The number of hydrogen-bond donors (Lipinski definition) is 3. The number of carboxylic acids is 1. The Kier molecular flexibility index (Phi) is 7.45. The number of carboxylic acid groups (broad SMARTS) is 1. The molecule has 3 N–H and O–H groups in total. The Morgan fingerprint density at radius 1 is 0.947 bits per heavy atom. The van der Waals surface area contributed by atoms with Gasteiger partial charge in [-0.15, -0.1) is 0 Å². The van der Waals surface area contributed by atoms with Crippen LogP contribution in [-0.2, 0) is 4.74 Å². The Labute approximate surface area is 223 Å². The van der Waals surface area contributed by atoms with E-state index < -0.39 is 23.6 Å². The summed E-state index contributed by atoms with van der Waals surface area (Å²) in [5, 5.41) is 19.0. The van der Waals surface area contributed by atoms with Crippen LogP contribution in [0.1, 0.15) is 41.6 Å². The smallest absolute Gasteiger partial charge is 0.413 e. The average Bonchev–Trinajstić information content (AvgIpc) is 3.28. The molecule has 0 aliphatic heterocycles. The van der Waals surface area contributed by atoms with Crippen LogP contribution in [0.25, 0.3) is 16.9 Å². The second-order valence-corrected chi connectivity index (χ2v) is 9.56. The van der Waals surface area contributed by atoms with Crippen molar-refractivity contribution in [3.8, 4) is 16.9 Å². The van der Waals surface area contributed by atoms with E-state index >= 15 is 0 Å². The molecule has 2 aromatic carbocycles. The van der Waals surface area contributed by atoms with Gasteiger partial charge < -0.3 is 15.2 Å². The molecular weight excluding hydrogens is 510 g/mol. The third kappa shape index (κ3) is 6.34. The van der Waals surface area contributed by atoms with Crippen LogP contribution in [-0.4, -0.2) is 43.4 Å². The van der Waals surface area contributed by atoms with E-state index in [9.17, 15) is 19.5 Å². The maximum atomic E-state index is 13.2. The first kappa shape index (κ1) is 26.4. The predicted octanol–water partition coefficient (Wildman–Crippen LogP) is 5.89. The monoisotopic (exact) mass is 533 g/mol. The molecule has 0 aliphatic carbocycles. The number of pyridine rings is 1. The van der Waals surface area contributed by atoms with Crippen molar-refractivity contribution in [1.82, 2.24) is 14.8 Å². The van der Waals surface area contributed by atoms with Gasteiger partial charge in [-0.05, 0) is 57.2 Å². The van der Waals surface area contributed by atoms with Gasteiger partial charge in [0.2, 0.25) is 0 Å². The van der Waals surface area contributed by atoms with Gasteiger partial charge in [-0.2, -0.15) is 5.10 Å². The zero-order chi connectivity index (χ0) is 27.4. The number of carbonyl (C=O) groups excluding carboxylic acids is 2. The van der Waals surface area contributed by atoms with Crippen LogP contribution in [0.2, 0.25) is 5.02 Å². The second kappa shape index (κ2) is 10.7. The maximum Gasteiger partial charge on any atom is 0.413 e. The lowest BCUT2D eigenvalue weighted by molar-refractivity contribution is 0.0633. The summed E-state index contributed by atoms with van der Waals surface area (Å²) in [6.45, 7) is 5.27. The van der Waals surface area contributed by atoms with Crippen molar-refractivity contribution < 1.29 is 24.2 Å². The molecule has 0 saturated carbocycles. The molecule has 0 aliphatic rings. The number of anilines is 2. The topological polar surface area (TPSA) is 135 Å². The van der Waals surface area contributed by atoms with E-state index in [0.29, 0.717) is 16.9 Å². The van der Waals surface area contributed by atoms with Crippen molar-refractivity contribution in [2.75, 3.05) is 10.6 Å². The average molecular weight is 534 g/mol. The van der Waals surface area contributed by atoms with Gasteiger partial charge >= 0.3 is 12.1 Å². The first-order valence-electron chi connectivity index (χ1n) is 11.5. The van der Waals surface area contributed by atoms with Crippen LogP contribution in [0.3, 0.4) is 0 Å². The largest absolute Gasteiger partial charge is 0.476 e. The number of aromatic nitrogens is 3. The van der Waals surface area contributed by atoms with E-state index in [1.807, 2.05) is 0 Å². The van der Waals surface area contributed by atoms with Gasteiger partial charge in [-0.3, -0.25) is 10.1 Å². The number of benzene rings is 2. The number of nitrogens with zero attached hydrogens (tertiary/aromatic N) is 3. The first-order chi connectivity index (χ1) is 18.0. The summed E-state index contributed by atoms with van der Waals surface area (Å²) in [6.07, 6.45) is -0.644. The first-order valence-corrected chi connectivity index (χ1v) is 11.8. The van der Waals surface area contributed by atoms with Crippen molar-refractivity contribution in [2.45, 2.75) is 26.4 Å². The Hall–Kier alpha value is -4.70. The predicted molar refractivity (Wildman–Crippen MR) is 143 cm³/mol. The van der Waals surface area contributed by atoms with E-state index in [2.05, 4.69) is 20.7 Å². The van der Waals surface area contributed by atoms with Gasteiger partial charge in [0.15, 0.2) is 5.69 Å². The molecule has 194 valence electrons. The van der Waals surface area contributed by atoms with Gasteiger partial charge in [0.1, 0.15) is 17.2 Å². The number of amides is 2. The fourth-order valence-corrected chi connectivity index (χ4v) is 3.66. The molecule has 0 atom stereocenters. The minimum Gasteiger partial charge on any atom is -0.476 e. The molecule has 2 amide bonds. The van der Waals surface area contributed by atoms with Crippen molar-refractivity contribution in [3.05, 3.63) is 89.1 Å². The van der Waals surface area contributed by atoms with Crippen LogP contribution in [0.4, 0.5) is 16.4 Å². The lowest BCUT2D eigenvalue weighted by Crippen LogP contribution is -2.27. The Balaban J connectivity index is 1.61. The summed E-state index contributed by atoms with van der Waals surface area (Å²) in [4.78, 5) is 41.3. The highest BCUT2D eigenvalue weighted by Gasteiger charge is 2.20. The molecule has 4 aromatic rings. The highest BCUT2D eigenvalue weighted by Crippen LogP contribution is 2.27. The molecule has 0 unspecified atom stereocenters. The molecule has 2 heterocycles. The van der Waals surface area contributed by atoms with Crippen LogP contribution in [0, 0.1) is 0 Å². The lowest BCUT2D eigenvalue weighted by atomic mass is 10.1. The molecule has 38 heavy (non-hydrogen) atoms. The zero-order valence-corrected chi connectivity index (χ0v) is 21.5. The summed E-state index contributed by atoms with van der Waals surface area (Å²) in [5.74, 6) is -1.39. The van der Waals surface area contributed by atoms with E-state index in [1.54, 1.807) is 87.5 Å². The number of rotatable bonds is 6. The highest BCUT2D eigenvalue weighted by atomic mass is 35.5. The fourth-order valence-electron chi connectivity index (χ4n) is 3.46. The van der Waals surface area contributed by atoms with Crippen LogP contribution >= 0.6 is 11.6 Å². The Morgan fingerprint density at radius 3 is 2.37 bits per heavy atom. The molecule has 4 rings (SSSR count).